The smallest absolute Gasteiger partial charge is 0.0897 e. The first kappa shape index (κ1) is 14.9. The van der Waals surface area contributed by atoms with Crippen LogP contribution in [0.1, 0.15) is 33.6 Å². The molecule has 0 saturated carbocycles. The van der Waals surface area contributed by atoms with E-state index < -0.39 is 6.10 Å². The Hall–Kier alpha value is -0.160. The summed E-state index contributed by atoms with van der Waals surface area (Å²) < 4.78 is 10.8. The lowest BCUT2D eigenvalue weighted by Crippen LogP contribution is -2.42. The number of nitrogens with one attached hydrogen (secondary N) is 1. The van der Waals surface area contributed by atoms with Crippen LogP contribution < -0.4 is 5.32 Å². The monoisotopic (exact) mass is 245 g/mol. The Morgan fingerprint density at radius 3 is 2.59 bits per heavy atom. The summed E-state index contributed by atoms with van der Waals surface area (Å²) in [5.74, 6) is 0.603. The summed E-state index contributed by atoms with van der Waals surface area (Å²) in [6, 6.07) is 0. The molecule has 0 spiro atoms. The second-order valence-corrected chi connectivity index (χ2v) is 5.88. The third-order valence-electron chi connectivity index (χ3n) is 2.87. The Morgan fingerprint density at radius 2 is 2.00 bits per heavy atom. The summed E-state index contributed by atoms with van der Waals surface area (Å²) in [7, 11) is 0. The van der Waals surface area contributed by atoms with E-state index in [2.05, 4.69) is 26.1 Å². The highest BCUT2D eigenvalue weighted by Gasteiger charge is 2.15. The van der Waals surface area contributed by atoms with E-state index in [9.17, 15) is 5.11 Å². The molecule has 4 heteroatoms. The molecule has 0 aromatic carbocycles. The van der Waals surface area contributed by atoms with Crippen molar-refractivity contribution in [3.63, 3.8) is 0 Å². The van der Waals surface area contributed by atoms with Gasteiger partial charge in [0.1, 0.15) is 0 Å². The van der Waals surface area contributed by atoms with Crippen LogP contribution in [0.3, 0.4) is 0 Å². The molecular weight excluding hydrogens is 218 g/mol. The molecule has 1 heterocycles. The number of hydrogen-bond donors (Lipinski definition) is 2. The predicted molar refractivity (Wildman–Crippen MR) is 68.1 cm³/mol. The summed E-state index contributed by atoms with van der Waals surface area (Å²) in [6.45, 7) is 9.70. The average Bonchev–Trinajstić information content (AvgIpc) is 2.27. The highest BCUT2D eigenvalue weighted by atomic mass is 16.5. The van der Waals surface area contributed by atoms with Crippen LogP contribution in [0, 0.1) is 5.92 Å². The highest BCUT2D eigenvalue weighted by Crippen LogP contribution is 2.14. The van der Waals surface area contributed by atoms with Crippen LogP contribution in [0.4, 0.5) is 0 Å². The van der Waals surface area contributed by atoms with Crippen LogP contribution in [0.5, 0.6) is 0 Å². The number of hydrogen-bond acceptors (Lipinski definition) is 4. The molecule has 102 valence electrons. The number of ether oxygens (including phenoxy) is 2. The highest BCUT2D eigenvalue weighted by molar-refractivity contribution is 4.72. The Bertz CT molecular complexity index is 197. The normalized spacial score (nSPS) is 20.5. The minimum absolute atomic E-state index is 0.0433. The number of rotatable bonds is 6. The Morgan fingerprint density at radius 1 is 1.35 bits per heavy atom. The predicted octanol–water partition coefficient (Wildman–Crippen LogP) is 1.18. The molecule has 17 heavy (non-hydrogen) atoms. The lowest BCUT2D eigenvalue weighted by molar-refractivity contribution is -0.00972. The average molecular weight is 245 g/mol. The third kappa shape index (κ3) is 7.71. The van der Waals surface area contributed by atoms with E-state index in [0.717, 1.165) is 32.7 Å². The van der Waals surface area contributed by atoms with Gasteiger partial charge in [0.05, 0.1) is 12.7 Å². The van der Waals surface area contributed by atoms with E-state index in [-0.39, 0.29) is 5.54 Å². The topological polar surface area (TPSA) is 50.7 Å². The molecule has 1 saturated heterocycles. The molecule has 0 aliphatic carbocycles. The van der Waals surface area contributed by atoms with Crippen LogP contribution in [-0.2, 0) is 9.47 Å². The molecule has 1 atom stereocenters. The van der Waals surface area contributed by atoms with Gasteiger partial charge < -0.3 is 19.9 Å². The van der Waals surface area contributed by atoms with E-state index in [4.69, 9.17) is 9.47 Å². The lowest BCUT2D eigenvalue weighted by atomic mass is 10.0. The van der Waals surface area contributed by atoms with Gasteiger partial charge in [-0.25, -0.2) is 0 Å². The Balaban J connectivity index is 2.01. The SMILES string of the molecule is CC(C)(C)NCC(O)COCC1CCOCC1. The van der Waals surface area contributed by atoms with Gasteiger partial charge in [-0.15, -0.1) is 0 Å². The summed E-state index contributed by atoms with van der Waals surface area (Å²) >= 11 is 0. The molecule has 0 amide bonds. The van der Waals surface area contributed by atoms with Gasteiger partial charge in [-0.3, -0.25) is 0 Å². The largest absolute Gasteiger partial charge is 0.389 e. The van der Waals surface area contributed by atoms with Crippen molar-refractivity contribution in [2.75, 3.05) is 33.0 Å². The van der Waals surface area contributed by atoms with Gasteiger partial charge in [0.25, 0.3) is 0 Å². The molecular formula is C13H27NO3. The van der Waals surface area contributed by atoms with Crippen LogP contribution in [-0.4, -0.2) is 49.7 Å². The molecule has 2 N–H and O–H groups in total. The minimum Gasteiger partial charge on any atom is -0.389 e. The van der Waals surface area contributed by atoms with E-state index in [1.807, 2.05) is 0 Å². The molecule has 4 nitrogen and oxygen atoms in total. The second kappa shape index (κ2) is 7.31. The zero-order valence-electron chi connectivity index (χ0n) is 11.4. The zero-order valence-corrected chi connectivity index (χ0v) is 11.4. The van der Waals surface area contributed by atoms with Gasteiger partial charge >= 0.3 is 0 Å². The van der Waals surface area contributed by atoms with Crippen LogP contribution in [0.25, 0.3) is 0 Å². The maximum Gasteiger partial charge on any atom is 0.0897 e. The van der Waals surface area contributed by atoms with Crippen molar-refractivity contribution in [1.29, 1.82) is 0 Å². The molecule has 0 aromatic heterocycles. The molecule has 1 unspecified atom stereocenters. The summed E-state index contributed by atoms with van der Waals surface area (Å²) in [6.07, 6.45) is 1.74. The van der Waals surface area contributed by atoms with Gasteiger partial charge in [-0.2, -0.15) is 0 Å². The van der Waals surface area contributed by atoms with Crippen molar-refractivity contribution < 1.29 is 14.6 Å². The van der Waals surface area contributed by atoms with Gasteiger partial charge in [-0.05, 0) is 39.5 Å². The molecule has 1 aliphatic rings. The van der Waals surface area contributed by atoms with Gasteiger partial charge in [0.2, 0.25) is 0 Å². The van der Waals surface area contributed by atoms with Crippen molar-refractivity contribution in [2.45, 2.75) is 45.3 Å². The zero-order chi connectivity index (χ0) is 12.7. The Labute approximate surface area is 105 Å². The lowest BCUT2D eigenvalue weighted by Gasteiger charge is -2.24. The van der Waals surface area contributed by atoms with Crippen molar-refractivity contribution in [2.24, 2.45) is 5.92 Å². The molecule has 1 fully saturated rings. The molecule has 0 radical (unpaired) electrons. The summed E-state index contributed by atoms with van der Waals surface area (Å²) in [4.78, 5) is 0. The van der Waals surface area contributed by atoms with E-state index >= 15 is 0 Å². The van der Waals surface area contributed by atoms with Crippen molar-refractivity contribution in [3.05, 3.63) is 0 Å². The summed E-state index contributed by atoms with van der Waals surface area (Å²) in [5.41, 5.74) is 0.0433. The first-order valence-corrected chi connectivity index (χ1v) is 6.56. The maximum absolute atomic E-state index is 9.73. The van der Waals surface area contributed by atoms with Crippen molar-refractivity contribution in [3.8, 4) is 0 Å². The standard InChI is InChI=1S/C13H27NO3/c1-13(2,3)14-8-12(15)10-17-9-11-4-6-16-7-5-11/h11-12,14-15H,4-10H2,1-3H3. The van der Waals surface area contributed by atoms with Crippen molar-refractivity contribution >= 4 is 0 Å². The van der Waals surface area contributed by atoms with Crippen molar-refractivity contribution in [1.82, 2.24) is 5.32 Å². The number of aliphatic hydroxyl groups excluding tert-OH is 1. The number of aliphatic hydroxyl groups is 1. The van der Waals surface area contributed by atoms with E-state index in [1.165, 1.54) is 0 Å². The second-order valence-electron chi connectivity index (χ2n) is 5.88. The van der Waals surface area contributed by atoms with E-state index in [0.29, 0.717) is 19.1 Å². The van der Waals surface area contributed by atoms with Crippen LogP contribution >= 0.6 is 0 Å². The van der Waals surface area contributed by atoms with Gasteiger partial charge in [0.15, 0.2) is 0 Å². The third-order valence-corrected chi connectivity index (χ3v) is 2.87. The quantitative estimate of drug-likeness (QED) is 0.738. The fraction of sp³-hybridized carbons (Fsp3) is 1.00. The summed E-state index contributed by atoms with van der Waals surface area (Å²) in [5, 5.41) is 13.0. The van der Waals surface area contributed by atoms with Gasteiger partial charge in [0, 0.05) is 31.9 Å². The molecule has 0 bridgehead atoms. The molecule has 1 rings (SSSR count). The fourth-order valence-corrected chi connectivity index (χ4v) is 1.77. The number of β-amino-alcohol motifs (C(OH)–C–C–N with tert-alkyl or cyclic N) is 1. The van der Waals surface area contributed by atoms with Crippen LogP contribution in [0.15, 0.2) is 0 Å². The molecule has 1 aliphatic heterocycles. The fourth-order valence-electron chi connectivity index (χ4n) is 1.77. The van der Waals surface area contributed by atoms with Crippen LogP contribution in [0.2, 0.25) is 0 Å². The first-order valence-electron chi connectivity index (χ1n) is 6.56. The van der Waals surface area contributed by atoms with E-state index in [1.54, 1.807) is 0 Å². The minimum atomic E-state index is -0.422. The molecule has 0 aromatic rings. The van der Waals surface area contributed by atoms with Gasteiger partial charge in [-0.1, -0.05) is 0 Å². The first-order chi connectivity index (χ1) is 7.97. The Kier molecular flexibility index (Phi) is 6.41. The maximum atomic E-state index is 9.73.